The fourth-order valence-electron chi connectivity index (χ4n) is 2.93. The van der Waals surface area contributed by atoms with Crippen molar-refractivity contribution in [1.82, 2.24) is 5.32 Å². The van der Waals surface area contributed by atoms with Crippen LogP contribution in [0.25, 0.3) is 0 Å². The predicted molar refractivity (Wildman–Crippen MR) is 76.5 cm³/mol. The van der Waals surface area contributed by atoms with E-state index >= 15 is 0 Å². The van der Waals surface area contributed by atoms with Crippen molar-refractivity contribution in [2.75, 3.05) is 20.7 Å². The number of benzene rings is 1. The summed E-state index contributed by atoms with van der Waals surface area (Å²) in [6.07, 6.45) is 3.92. The first-order chi connectivity index (χ1) is 8.53. The van der Waals surface area contributed by atoms with Gasteiger partial charge in [-0.3, -0.25) is 0 Å². The van der Waals surface area contributed by atoms with Crippen molar-refractivity contribution < 1.29 is 4.74 Å². The van der Waals surface area contributed by atoms with Crippen LogP contribution in [0.1, 0.15) is 35.1 Å². The summed E-state index contributed by atoms with van der Waals surface area (Å²) in [6, 6.07) is 2.19. The fourth-order valence-corrected chi connectivity index (χ4v) is 2.93. The first kappa shape index (κ1) is 13.4. The Kier molecular flexibility index (Phi) is 3.67. The summed E-state index contributed by atoms with van der Waals surface area (Å²) in [5.74, 6) is 1.02. The summed E-state index contributed by atoms with van der Waals surface area (Å²) in [4.78, 5) is 0. The predicted octanol–water partition coefficient (Wildman–Crippen LogP) is 3.16. The van der Waals surface area contributed by atoms with Gasteiger partial charge in [0.2, 0.25) is 0 Å². The zero-order valence-corrected chi connectivity index (χ0v) is 12.3. The molecule has 1 aromatic rings. The fraction of sp³-hybridized carbons (Fsp3) is 0.625. The van der Waals surface area contributed by atoms with Crippen molar-refractivity contribution in [2.45, 2.75) is 40.0 Å². The quantitative estimate of drug-likeness (QED) is 0.863. The molecule has 1 saturated carbocycles. The molecule has 1 fully saturated rings. The highest BCUT2D eigenvalue weighted by molar-refractivity contribution is 5.48. The van der Waals surface area contributed by atoms with E-state index in [4.69, 9.17) is 4.74 Å². The molecule has 0 radical (unpaired) electrons. The van der Waals surface area contributed by atoms with Crippen molar-refractivity contribution in [3.8, 4) is 5.75 Å². The van der Waals surface area contributed by atoms with Crippen LogP contribution in [-0.2, 0) is 6.42 Å². The second kappa shape index (κ2) is 4.93. The largest absolute Gasteiger partial charge is 0.496 e. The topological polar surface area (TPSA) is 21.3 Å². The summed E-state index contributed by atoms with van der Waals surface area (Å²) in [5, 5.41) is 3.34. The molecule has 2 nitrogen and oxygen atoms in total. The monoisotopic (exact) mass is 247 g/mol. The second-order valence-electron chi connectivity index (χ2n) is 5.83. The van der Waals surface area contributed by atoms with Gasteiger partial charge < -0.3 is 10.1 Å². The number of hydrogen-bond acceptors (Lipinski definition) is 2. The first-order valence-electron chi connectivity index (χ1n) is 6.81. The molecule has 2 heteroatoms. The van der Waals surface area contributed by atoms with Crippen molar-refractivity contribution in [3.05, 3.63) is 28.3 Å². The lowest BCUT2D eigenvalue weighted by atomic mass is 9.88. The SMILES string of the molecule is CNCC1(Cc2c(C)cc(OC)c(C)c2C)CC1. The first-order valence-corrected chi connectivity index (χ1v) is 6.81. The molecular weight excluding hydrogens is 222 g/mol. The van der Waals surface area contributed by atoms with Gasteiger partial charge in [-0.25, -0.2) is 0 Å². The number of methoxy groups -OCH3 is 1. The normalized spacial score (nSPS) is 16.7. The molecule has 1 aliphatic carbocycles. The number of rotatable bonds is 5. The Morgan fingerprint density at radius 3 is 2.39 bits per heavy atom. The van der Waals surface area contributed by atoms with Gasteiger partial charge >= 0.3 is 0 Å². The van der Waals surface area contributed by atoms with Gasteiger partial charge in [0.05, 0.1) is 7.11 Å². The molecule has 0 amide bonds. The maximum absolute atomic E-state index is 5.44. The molecule has 0 heterocycles. The molecule has 1 aliphatic rings. The minimum Gasteiger partial charge on any atom is -0.496 e. The van der Waals surface area contributed by atoms with E-state index in [-0.39, 0.29) is 0 Å². The van der Waals surface area contributed by atoms with Gasteiger partial charge in [-0.15, -0.1) is 0 Å². The van der Waals surface area contributed by atoms with Crippen LogP contribution in [0.15, 0.2) is 6.07 Å². The lowest BCUT2D eigenvalue weighted by Gasteiger charge is -2.21. The Morgan fingerprint density at radius 1 is 1.22 bits per heavy atom. The number of nitrogens with one attached hydrogen (secondary N) is 1. The minimum absolute atomic E-state index is 0.519. The van der Waals surface area contributed by atoms with E-state index in [0.717, 1.165) is 12.3 Å². The van der Waals surface area contributed by atoms with Gasteiger partial charge in [-0.2, -0.15) is 0 Å². The average molecular weight is 247 g/mol. The van der Waals surface area contributed by atoms with E-state index in [0.29, 0.717) is 5.41 Å². The van der Waals surface area contributed by atoms with Crippen molar-refractivity contribution >= 4 is 0 Å². The number of hydrogen-bond donors (Lipinski definition) is 1. The van der Waals surface area contributed by atoms with Gasteiger partial charge in [-0.1, -0.05) is 0 Å². The Bertz CT molecular complexity index is 447. The molecule has 0 bridgehead atoms. The second-order valence-corrected chi connectivity index (χ2v) is 5.83. The van der Waals surface area contributed by atoms with Gasteiger partial charge in [0.1, 0.15) is 5.75 Å². The third-order valence-corrected chi connectivity index (χ3v) is 4.49. The lowest BCUT2D eigenvalue weighted by molar-refractivity contribution is 0.410. The Balaban J connectivity index is 2.31. The summed E-state index contributed by atoms with van der Waals surface area (Å²) in [7, 11) is 3.81. The van der Waals surface area contributed by atoms with Gasteiger partial charge in [0.25, 0.3) is 0 Å². The van der Waals surface area contributed by atoms with Gasteiger partial charge in [0.15, 0.2) is 0 Å². The Labute approximate surface area is 111 Å². The highest BCUT2D eigenvalue weighted by Gasteiger charge is 2.42. The van der Waals surface area contributed by atoms with Crippen LogP contribution in [0, 0.1) is 26.2 Å². The molecule has 0 atom stereocenters. The van der Waals surface area contributed by atoms with E-state index in [1.165, 1.54) is 41.5 Å². The van der Waals surface area contributed by atoms with Crippen LogP contribution in [0.4, 0.5) is 0 Å². The molecule has 0 aromatic heterocycles. The smallest absolute Gasteiger partial charge is 0.122 e. The molecule has 18 heavy (non-hydrogen) atoms. The van der Waals surface area contributed by atoms with E-state index < -0.39 is 0 Å². The molecule has 1 N–H and O–H groups in total. The summed E-state index contributed by atoms with van der Waals surface area (Å²) in [6.45, 7) is 7.74. The number of aryl methyl sites for hydroxylation is 1. The molecule has 100 valence electrons. The molecule has 1 aromatic carbocycles. The lowest BCUT2D eigenvalue weighted by Crippen LogP contribution is -2.22. The standard InChI is InChI=1S/C16H25NO/c1-11-8-15(18-5)13(3)12(2)14(11)9-16(6-7-16)10-17-4/h8,17H,6-7,9-10H2,1-5H3. The highest BCUT2D eigenvalue weighted by Crippen LogP contribution is 2.49. The minimum atomic E-state index is 0.519. The van der Waals surface area contributed by atoms with E-state index in [9.17, 15) is 0 Å². The Hall–Kier alpha value is -1.02. The van der Waals surface area contributed by atoms with Crippen LogP contribution in [-0.4, -0.2) is 20.7 Å². The van der Waals surface area contributed by atoms with Crippen molar-refractivity contribution in [1.29, 1.82) is 0 Å². The van der Waals surface area contributed by atoms with E-state index in [1.54, 1.807) is 7.11 Å². The van der Waals surface area contributed by atoms with Crippen LogP contribution >= 0.6 is 0 Å². The van der Waals surface area contributed by atoms with Gasteiger partial charge in [-0.05, 0) is 80.8 Å². The van der Waals surface area contributed by atoms with Crippen LogP contribution in [0.2, 0.25) is 0 Å². The summed E-state index contributed by atoms with van der Waals surface area (Å²) < 4.78 is 5.44. The third kappa shape index (κ3) is 2.39. The zero-order valence-electron chi connectivity index (χ0n) is 12.3. The average Bonchev–Trinajstić information content (AvgIpc) is 3.10. The Morgan fingerprint density at radius 2 is 1.89 bits per heavy atom. The van der Waals surface area contributed by atoms with Crippen LogP contribution < -0.4 is 10.1 Å². The van der Waals surface area contributed by atoms with Crippen LogP contribution in [0.3, 0.4) is 0 Å². The van der Waals surface area contributed by atoms with E-state index in [1.807, 2.05) is 0 Å². The number of ether oxygens (including phenoxy) is 1. The zero-order chi connectivity index (χ0) is 13.3. The third-order valence-electron chi connectivity index (χ3n) is 4.49. The van der Waals surface area contributed by atoms with Crippen molar-refractivity contribution in [2.24, 2.45) is 5.41 Å². The van der Waals surface area contributed by atoms with Crippen LogP contribution in [0.5, 0.6) is 5.75 Å². The summed E-state index contributed by atoms with van der Waals surface area (Å²) >= 11 is 0. The summed E-state index contributed by atoms with van der Waals surface area (Å²) in [5.41, 5.74) is 6.12. The molecule has 0 unspecified atom stereocenters. The van der Waals surface area contributed by atoms with E-state index in [2.05, 4.69) is 39.2 Å². The highest BCUT2D eigenvalue weighted by atomic mass is 16.5. The molecular formula is C16H25NO. The molecule has 2 rings (SSSR count). The maximum Gasteiger partial charge on any atom is 0.122 e. The molecule has 0 aliphatic heterocycles. The van der Waals surface area contributed by atoms with Gasteiger partial charge in [0, 0.05) is 6.54 Å². The maximum atomic E-state index is 5.44. The molecule has 0 spiro atoms. The molecule has 0 saturated heterocycles. The van der Waals surface area contributed by atoms with Crippen molar-refractivity contribution in [3.63, 3.8) is 0 Å².